The molecule has 0 radical (unpaired) electrons. The van der Waals surface area contributed by atoms with Crippen molar-refractivity contribution in [3.63, 3.8) is 0 Å². The van der Waals surface area contributed by atoms with Crippen LogP contribution in [0, 0.1) is 5.82 Å². The molecule has 0 spiro atoms. The van der Waals surface area contributed by atoms with E-state index in [1.807, 2.05) is 6.07 Å². The fraction of sp³-hybridized carbons (Fsp3) is 0.368. The number of nitrogens with one attached hydrogen (secondary N) is 1. The molecule has 1 N–H and O–H groups in total. The van der Waals surface area contributed by atoms with Gasteiger partial charge in [-0.3, -0.25) is 0 Å². The highest BCUT2D eigenvalue weighted by Crippen LogP contribution is 2.26. The Balaban J connectivity index is 2.33. The summed E-state index contributed by atoms with van der Waals surface area (Å²) in [4.78, 5) is 0. The van der Waals surface area contributed by atoms with Crippen molar-refractivity contribution in [2.45, 2.75) is 46.2 Å². The van der Waals surface area contributed by atoms with Crippen LogP contribution in [0.1, 0.15) is 44.7 Å². The molecule has 1 nitrogen and oxygen atoms in total. The zero-order valence-corrected chi connectivity index (χ0v) is 13.3. The van der Waals surface area contributed by atoms with Gasteiger partial charge in [-0.2, -0.15) is 0 Å². The van der Waals surface area contributed by atoms with E-state index in [2.05, 4.69) is 57.3 Å². The Morgan fingerprint density at radius 3 is 2.19 bits per heavy atom. The first kappa shape index (κ1) is 15.7. The molecule has 21 heavy (non-hydrogen) atoms. The van der Waals surface area contributed by atoms with Crippen molar-refractivity contribution in [2.75, 3.05) is 0 Å². The number of hydrogen-bond acceptors (Lipinski definition) is 1. The molecule has 2 rings (SSSR count). The van der Waals surface area contributed by atoms with Crippen molar-refractivity contribution in [1.82, 2.24) is 5.32 Å². The van der Waals surface area contributed by atoms with Gasteiger partial charge in [0.15, 0.2) is 0 Å². The number of halogens is 1. The minimum absolute atomic E-state index is 0.182. The number of hydrogen-bond donors (Lipinski definition) is 1. The standard InChI is InChI=1S/C19H24FN/c1-13(2)15-5-7-16(8-6-15)19-10-9-18(20)11-17(19)12-21-14(3)4/h5-11,13-14,21H,12H2,1-4H3. The molecule has 0 aliphatic rings. The van der Waals surface area contributed by atoms with Crippen molar-refractivity contribution < 1.29 is 4.39 Å². The summed E-state index contributed by atoms with van der Waals surface area (Å²) < 4.78 is 13.5. The third-order valence-electron chi connectivity index (χ3n) is 3.66. The van der Waals surface area contributed by atoms with Crippen LogP contribution in [-0.2, 0) is 6.54 Å². The molecule has 112 valence electrons. The molecule has 0 amide bonds. The second-order valence-corrected chi connectivity index (χ2v) is 6.11. The molecule has 2 heteroatoms. The maximum absolute atomic E-state index is 13.5. The van der Waals surface area contributed by atoms with Crippen molar-refractivity contribution in [1.29, 1.82) is 0 Å². The molecule has 0 saturated heterocycles. The van der Waals surface area contributed by atoms with E-state index in [0.29, 0.717) is 18.5 Å². The highest BCUT2D eigenvalue weighted by Gasteiger charge is 2.08. The van der Waals surface area contributed by atoms with Crippen LogP contribution in [0.5, 0.6) is 0 Å². The third kappa shape index (κ3) is 4.15. The molecule has 2 aromatic rings. The largest absolute Gasteiger partial charge is 0.310 e. The second-order valence-electron chi connectivity index (χ2n) is 6.11. The molecule has 0 aromatic heterocycles. The third-order valence-corrected chi connectivity index (χ3v) is 3.66. The van der Waals surface area contributed by atoms with Crippen LogP contribution in [-0.4, -0.2) is 6.04 Å². The van der Waals surface area contributed by atoms with E-state index in [-0.39, 0.29) is 5.82 Å². The Bertz CT molecular complexity index is 585. The summed E-state index contributed by atoms with van der Waals surface area (Å²) in [6, 6.07) is 14.0. The average Bonchev–Trinajstić information content (AvgIpc) is 2.45. The molecular formula is C19H24FN. The van der Waals surface area contributed by atoms with Crippen molar-refractivity contribution in [3.05, 3.63) is 59.4 Å². The maximum Gasteiger partial charge on any atom is 0.123 e. The van der Waals surface area contributed by atoms with Crippen molar-refractivity contribution >= 4 is 0 Å². The van der Waals surface area contributed by atoms with Crippen LogP contribution in [0.4, 0.5) is 4.39 Å². The van der Waals surface area contributed by atoms with E-state index >= 15 is 0 Å². The molecule has 0 aliphatic carbocycles. The molecule has 0 saturated carbocycles. The maximum atomic E-state index is 13.5. The van der Waals surface area contributed by atoms with Gasteiger partial charge in [-0.15, -0.1) is 0 Å². The zero-order chi connectivity index (χ0) is 15.4. The number of benzene rings is 2. The molecule has 0 atom stereocenters. The normalized spacial score (nSPS) is 11.4. The lowest BCUT2D eigenvalue weighted by Crippen LogP contribution is -2.22. The molecule has 0 unspecified atom stereocenters. The average molecular weight is 285 g/mol. The molecular weight excluding hydrogens is 261 g/mol. The summed E-state index contributed by atoms with van der Waals surface area (Å²) in [5, 5.41) is 3.36. The van der Waals surface area contributed by atoms with Gasteiger partial charge in [-0.05, 0) is 40.3 Å². The van der Waals surface area contributed by atoms with Gasteiger partial charge in [0, 0.05) is 12.6 Å². The monoisotopic (exact) mass is 285 g/mol. The number of rotatable bonds is 5. The highest BCUT2D eigenvalue weighted by molar-refractivity contribution is 5.67. The Morgan fingerprint density at radius 1 is 0.952 bits per heavy atom. The highest BCUT2D eigenvalue weighted by atomic mass is 19.1. The molecule has 0 fully saturated rings. The molecule has 0 aliphatic heterocycles. The lowest BCUT2D eigenvalue weighted by molar-refractivity contribution is 0.582. The van der Waals surface area contributed by atoms with Crippen molar-refractivity contribution in [3.8, 4) is 11.1 Å². The fourth-order valence-corrected chi connectivity index (χ4v) is 2.35. The predicted molar refractivity (Wildman–Crippen MR) is 87.9 cm³/mol. The van der Waals surface area contributed by atoms with Crippen LogP contribution in [0.3, 0.4) is 0 Å². The van der Waals surface area contributed by atoms with Gasteiger partial charge in [-0.1, -0.05) is 58.0 Å². The van der Waals surface area contributed by atoms with Crippen LogP contribution in [0.15, 0.2) is 42.5 Å². The van der Waals surface area contributed by atoms with Crippen LogP contribution >= 0.6 is 0 Å². The SMILES string of the molecule is CC(C)NCc1cc(F)ccc1-c1ccc(C(C)C)cc1. The van der Waals surface area contributed by atoms with Gasteiger partial charge < -0.3 is 5.32 Å². The van der Waals surface area contributed by atoms with Gasteiger partial charge in [0.05, 0.1) is 0 Å². The molecule has 0 bridgehead atoms. The summed E-state index contributed by atoms with van der Waals surface area (Å²) in [6.45, 7) is 9.24. The first-order chi connectivity index (χ1) is 9.97. The van der Waals surface area contributed by atoms with E-state index in [0.717, 1.165) is 16.7 Å². The van der Waals surface area contributed by atoms with E-state index < -0.39 is 0 Å². The first-order valence-electron chi connectivity index (χ1n) is 7.59. The van der Waals surface area contributed by atoms with Gasteiger partial charge in [-0.25, -0.2) is 4.39 Å². The van der Waals surface area contributed by atoms with Gasteiger partial charge >= 0.3 is 0 Å². The van der Waals surface area contributed by atoms with Crippen LogP contribution in [0.25, 0.3) is 11.1 Å². The minimum Gasteiger partial charge on any atom is -0.310 e. The summed E-state index contributed by atoms with van der Waals surface area (Å²) in [7, 11) is 0. The van der Waals surface area contributed by atoms with E-state index in [4.69, 9.17) is 0 Å². The predicted octanol–water partition coefficient (Wildman–Crippen LogP) is 5.11. The minimum atomic E-state index is -0.182. The van der Waals surface area contributed by atoms with E-state index in [9.17, 15) is 4.39 Å². The molecule has 0 heterocycles. The Hall–Kier alpha value is -1.67. The van der Waals surface area contributed by atoms with Gasteiger partial charge in [0.2, 0.25) is 0 Å². The van der Waals surface area contributed by atoms with Gasteiger partial charge in [0.25, 0.3) is 0 Å². The smallest absolute Gasteiger partial charge is 0.123 e. The topological polar surface area (TPSA) is 12.0 Å². The van der Waals surface area contributed by atoms with Gasteiger partial charge in [0.1, 0.15) is 5.82 Å². The Morgan fingerprint density at radius 2 is 1.62 bits per heavy atom. The Labute approximate surface area is 127 Å². The summed E-state index contributed by atoms with van der Waals surface area (Å²) >= 11 is 0. The lowest BCUT2D eigenvalue weighted by atomic mass is 9.96. The first-order valence-corrected chi connectivity index (χ1v) is 7.59. The Kier molecular flexibility index (Phi) is 5.13. The zero-order valence-electron chi connectivity index (χ0n) is 13.3. The lowest BCUT2D eigenvalue weighted by Gasteiger charge is -2.14. The van der Waals surface area contributed by atoms with E-state index in [1.54, 1.807) is 6.07 Å². The van der Waals surface area contributed by atoms with E-state index in [1.165, 1.54) is 11.6 Å². The summed E-state index contributed by atoms with van der Waals surface area (Å²) in [6.07, 6.45) is 0. The second kappa shape index (κ2) is 6.86. The fourth-order valence-electron chi connectivity index (χ4n) is 2.35. The van der Waals surface area contributed by atoms with Crippen molar-refractivity contribution in [2.24, 2.45) is 0 Å². The van der Waals surface area contributed by atoms with Crippen LogP contribution in [0.2, 0.25) is 0 Å². The quantitative estimate of drug-likeness (QED) is 0.804. The summed E-state index contributed by atoms with van der Waals surface area (Å²) in [5.74, 6) is 0.340. The summed E-state index contributed by atoms with van der Waals surface area (Å²) in [5.41, 5.74) is 4.56. The van der Waals surface area contributed by atoms with Crippen LogP contribution < -0.4 is 5.32 Å². The molecule has 2 aromatic carbocycles.